The Morgan fingerprint density at radius 1 is 1.24 bits per heavy atom. The Labute approximate surface area is 129 Å². The maximum atomic E-state index is 5.92. The summed E-state index contributed by atoms with van der Waals surface area (Å²) in [6.07, 6.45) is 7.06. The third-order valence-corrected chi connectivity index (χ3v) is 5.24. The van der Waals surface area contributed by atoms with Crippen molar-refractivity contribution in [3.8, 4) is 0 Å². The van der Waals surface area contributed by atoms with Crippen LogP contribution in [0.1, 0.15) is 70.8 Å². The highest BCUT2D eigenvalue weighted by Gasteiger charge is 2.32. The number of hydrogen-bond donors (Lipinski definition) is 1. The van der Waals surface area contributed by atoms with Gasteiger partial charge in [-0.3, -0.25) is 0 Å². The summed E-state index contributed by atoms with van der Waals surface area (Å²) in [5.41, 5.74) is 8.59. The lowest BCUT2D eigenvalue weighted by Crippen LogP contribution is -2.40. The molecule has 1 fully saturated rings. The third kappa shape index (κ3) is 3.37. The first-order chi connectivity index (χ1) is 10.0. The average Bonchev–Trinajstić information content (AvgIpc) is 2.54. The van der Waals surface area contributed by atoms with Crippen molar-refractivity contribution in [1.29, 1.82) is 0 Å². The topological polar surface area (TPSA) is 55.0 Å². The molecule has 4 heteroatoms. The van der Waals surface area contributed by atoms with Crippen LogP contribution in [-0.2, 0) is 6.54 Å². The quantitative estimate of drug-likeness (QED) is 0.902. The van der Waals surface area contributed by atoms with Crippen LogP contribution < -0.4 is 10.6 Å². The van der Waals surface area contributed by atoms with Crippen molar-refractivity contribution >= 4 is 5.69 Å². The molecule has 1 aromatic rings. The average molecular weight is 290 g/mol. The molecular weight excluding hydrogens is 260 g/mol. The van der Waals surface area contributed by atoms with Gasteiger partial charge in [0.15, 0.2) is 0 Å². The second-order valence-corrected chi connectivity index (χ2v) is 6.61. The Hall–Kier alpha value is -1.16. The second-order valence-electron chi connectivity index (χ2n) is 6.61. The van der Waals surface area contributed by atoms with Crippen molar-refractivity contribution in [1.82, 2.24) is 9.97 Å². The van der Waals surface area contributed by atoms with Crippen LogP contribution in [0.4, 0.5) is 5.69 Å². The summed E-state index contributed by atoms with van der Waals surface area (Å²) in [4.78, 5) is 11.6. The van der Waals surface area contributed by atoms with Crippen molar-refractivity contribution in [3.63, 3.8) is 0 Å². The summed E-state index contributed by atoms with van der Waals surface area (Å²) in [5, 5.41) is 0. The van der Waals surface area contributed by atoms with Crippen molar-refractivity contribution in [3.05, 3.63) is 17.7 Å². The van der Waals surface area contributed by atoms with Crippen molar-refractivity contribution in [2.45, 2.75) is 65.8 Å². The second kappa shape index (κ2) is 6.73. The number of nitrogens with two attached hydrogens (primary N) is 1. The molecule has 4 nitrogen and oxygen atoms in total. The third-order valence-electron chi connectivity index (χ3n) is 5.24. The largest absolute Gasteiger partial charge is 0.369 e. The van der Waals surface area contributed by atoms with E-state index in [2.05, 4.69) is 42.6 Å². The highest BCUT2D eigenvalue weighted by Crippen LogP contribution is 2.39. The van der Waals surface area contributed by atoms with E-state index < -0.39 is 0 Å². The van der Waals surface area contributed by atoms with Gasteiger partial charge < -0.3 is 10.6 Å². The molecule has 2 heterocycles. The highest BCUT2D eigenvalue weighted by molar-refractivity contribution is 5.49. The zero-order chi connectivity index (χ0) is 15.5. The van der Waals surface area contributed by atoms with Crippen molar-refractivity contribution in [2.24, 2.45) is 11.1 Å². The summed E-state index contributed by atoms with van der Waals surface area (Å²) >= 11 is 0. The first kappa shape index (κ1) is 16.2. The van der Waals surface area contributed by atoms with Crippen LogP contribution in [0, 0.1) is 5.41 Å². The molecule has 0 radical (unpaired) electrons. The molecule has 21 heavy (non-hydrogen) atoms. The zero-order valence-electron chi connectivity index (χ0n) is 14.0. The van der Waals surface area contributed by atoms with E-state index in [9.17, 15) is 0 Å². The molecule has 0 aromatic carbocycles. The van der Waals surface area contributed by atoms with E-state index >= 15 is 0 Å². The first-order valence-electron chi connectivity index (χ1n) is 8.36. The molecular formula is C17H30N4. The SMILES string of the molecule is CCC1(CC)CCN(c2cnc(C(C)C)nc2CN)CC1. The van der Waals surface area contributed by atoms with E-state index in [-0.39, 0.29) is 0 Å². The minimum atomic E-state index is 0.346. The number of nitrogens with zero attached hydrogens (tertiary/aromatic N) is 3. The summed E-state index contributed by atoms with van der Waals surface area (Å²) in [7, 11) is 0. The first-order valence-corrected chi connectivity index (χ1v) is 8.36. The van der Waals surface area contributed by atoms with Gasteiger partial charge in [-0.25, -0.2) is 9.97 Å². The number of hydrogen-bond acceptors (Lipinski definition) is 4. The van der Waals surface area contributed by atoms with Gasteiger partial charge in [-0.05, 0) is 18.3 Å². The minimum absolute atomic E-state index is 0.346. The van der Waals surface area contributed by atoms with Gasteiger partial charge >= 0.3 is 0 Å². The number of rotatable bonds is 5. The molecule has 0 amide bonds. The van der Waals surface area contributed by atoms with Gasteiger partial charge in [0.05, 0.1) is 17.6 Å². The molecule has 1 saturated heterocycles. The van der Waals surface area contributed by atoms with E-state index in [4.69, 9.17) is 5.73 Å². The molecule has 1 aliphatic heterocycles. The Kier molecular flexibility index (Phi) is 5.20. The lowest BCUT2D eigenvalue weighted by atomic mass is 9.74. The molecule has 0 aliphatic carbocycles. The lowest BCUT2D eigenvalue weighted by molar-refractivity contribution is 0.199. The van der Waals surface area contributed by atoms with Crippen LogP contribution in [0.5, 0.6) is 0 Å². The van der Waals surface area contributed by atoms with Crippen LogP contribution in [0.3, 0.4) is 0 Å². The molecule has 1 aromatic heterocycles. The maximum absolute atomic E-state index is 5.92. The highest BCUT2D eigenvalue weighted by atomic mass is 15.2. The van der Waals surface area contributed by atoms with Gasteiger partial charge in [-0.1, -0.05) is 40.5 Å². The molecule has 0 saturated carbocycles. The number of piperidine rings is 1. The Bertz CT molecular complexity index is 456. The summed E-state index contributed by atoms with van der Waals surface area (Å²) in [5.74, 6) is 1.24. The minimum Gasteiger partial charge on any atom is -0.369 e. The van der Waals surface area contributed by atoms with Gasteiger partial charge in [0, 0.05) is 25.6 Å². The zero-order valence-corrected chi connectivity index (χ0v) is 14.0. The predicted molar refractivity (Wildman–Crippen MR) is 88.5 cm³/mol. The summed E-state index contributed by atoms with van der Waals surface area (Å²) < 4.78 is 0. The number of anilines is 1. The van der Waals surface area contributed by atoms with Gasteiger partial charge in [-0.2, -0.15) is 0 Å². The standard InChI is InChI=1S/C17H30N4/c1-5-17(6-2)7-9-21(10-8-17)15-12-19-16(13(3)4)20-14(15)11-18/h12-13H,5-11,18H2,1-4H3. The van der Waals surface area contributed by atoms with Crippen LogP contribution in [-0.4, -0.2) is 23.1 Å². The molecule has 0 atom stereocenters. The number of aromatic nitrogens is 2. The Balaban J connectivity index is 2.16. The molecule has 0 bridgehead atoms. The summed E-state index contributed by atoms with van der Waals surface area (Å²) in [6.45, 7) is 11.6. The Morgan fingerprint density at radius 3 is 2.33 bits per heavy atom. The molecule has 0 spiro atoms. The smallest absolute Gasteiger partial charge is 0.131 e. The van der Waals surface area contributed by atoms with Gasteiger partial charge in [0.1, 0.15) is 5.82 Å². The molecule has 118 valence electrons. The Morgan fingerprint density at radius 2 is 1.86 bits per heavy atom. The molecule has 2 rings (SSSR count). The van der Waals surface area contributed by atoms with Crippen LogP contribution in [0.25, 0.3) is 0 Å². The van der Waals surface area contributed by atoms with E-state index in [0.717, 1.165) is 30.3 Å². The fourth-order valence-electron chi connectivity index (χ4n) is 3.30. The van der Waals surface area contributed by atoms with Gasteiger partial charge in [-0.15, -0.1) is 0 Å². The van der Waals surface area contributed by atoms with E-state index in [1.165, 1.54) is 25.7 Å². The van der Waals surface area contributed by atoms with E-state index in [1.54, 1.807) is 0 Å². The van der Waals surface area contributed by atoms with Gasteiger partial charge in [0.2, 0.25) is 0 Å². The normalized spacial score (nSPS) is 18.3. The van der Waals surface area contributed by atoms with Crippen LogP contribution in [0.15, 0.2) is 6.20 Å². The monoisotopic (exact) mass is 290 g/mol. The fraction of sp³-hybridized carbons (Fsp3) is 0.765. The molecule has 2 N–H and O–H groups in total. The van der Waals surface area contributed by atoms with E-state index in [0.29, 0.717) is 17.9 Å². The fourth-order valence-corrected chi connectivity index (χ4v) is 3.30. The van der Waals surface area contributed by atoms with Crippen LogP contribution >= 0.6 is 0 Å². The lowest BCUT2D eigenvalue weighted by Gasteiger charge is -2.42. The van der Waals surface area contributed by atoms with Crippen molar-refractivity contribution < 1.29 is 0 Å². The summed E-state index contributed by atoms with van der Waals surface area (Å²) in [6, 6.07) is 0. The molecule has 1 aliphatic rings. The molecule has 0 unspecified atom stereocenters. The maximum Gasteiger partial charge on any atom is 0.131 e. The van der Waals surface area contributed by atoms with Gasteiger partial charge in [0.25, 0.3) is 0 Å². The predicted octanol–water partition coefficient (Wildman–Crippen LogP) is 3.47. The van der Waals surface area contributed by atoms with Crippen LogP contribution in [0.2, 0.25) is 0 Å². The van der Waals surface area contributed by atoms with E-state index in [1.807, 2.05) is 6.20 Å². The van der Waals surface area contributed by atoms with Crippen molar-refractivity contribution in [2.75, 3.05) is 18.0 Å².